The standard InChI is InChI=1S/C62H51N3O/c1-40-59(43-20-9-5-10-21-43)63-61(64-60(40)44-22-11-6-12-23-44)52-26-14-13-24-48(52)51-27-17-29-56-58(51)53-37-35-47(39-57(53)66-56)65(45-32-30-42(31-33-45)41-18-7-4-8-19-41)46-34-36-50-49-25-15-16-28-54(49)62(2,3)55(50)38-46/h4-15,17-22,24-27,29-32,34-39,44-45H,16,23,28,33H2,1-3H3. The lowest BCUT2D eigenvalue weighted by atomic mass is 9.78. The van der Waals surface area contributed by atoms with Crippen molar-refractivity contribution >= 4 is 44.5 Å². The minimum Gasteiger partial charge on any atom is -0.456 e. The molecule has 0 spiro atoms. The van der Waals surface area contributed by atoms with Crippen LogP contribution in [0.4, 0.5) is 11.4 Å². The van der Waals surface area contributed by atoms with Crippen LogP contribution in [-0.2, 0) is 5.41 Å². The highest BCUT2D eigenvalue weighted by molar-refractivity contribution is 6.14. The summed E-state index contributed by atoms with van der Waals surface area (Å²) in [6.07, 6.45) is 24.5. The molecule has 0 N–H and O–H groups in total. The Kier molecular flexibility index (Phi) is 9.78. The van der Waals surface area contributed by atoms with Crippen LogP contribution in [0.3, 0.4) is 0 Å². The first-order chi connectivity index (χ1) is 32.4. The molecule has 0 amide bonds. The molecule has 6 aromatic carbocycles. The van der Waals surface area contributed by atoms with Gasteiger partial charge in [-0.2, -0.15) is 0 Å². The third kappa shape index (κ3) is 6.74. The lowest BCUT2D eigenvalue weighted by Crippen LogP contribution is -2.30. The van der Waals surface area contributed by atoms with Gasteiger partial charge in [-0.3, -0.25) is 0 Å². The molecule has 0 bridgehead atoms. The third-order valence-electron chi connectivity index (χ3n) is 14.5. The van der Waals surface area contributed by atoms with Crippen LogP contribution in [0.5, 0.6) is 0 Å². The van der Waals surface area contributed by atoms with Gasteiger partial charge in [0.15, 0.2) is 5.82 Å². The van der Waals surface area contributed by atoms with Gasteiger partial charge in [0.2, 0.25) is 0 Å². The predicted octanol–water partition coefficient (Wildman–Crippen LogP) is 16.2. The Morgan fingerprint density at radius 1 is 0.636 bits per heavy atom. The molecule has 8 aromatic rings. The molecular formula is C62H51N3O. The number of hydrogen-bond acceptors (Lipinski definition) is 4. The van der Waals surface area contributed by atoms with E-state index >= 15 is 0 Å². The molecule has 4 heteroatoms. The minimum absolute atomic E-state index is 0.0339. The summed E-state index contributed by atoms with van der Waals surface area (Å²) in [6, 6.07) is 50.3. The molecule has 12 rings (SSSR count). The predicted molar refractivity (Wildman–Crippen MR) is 275 cm³/mol. The fraction of sp³-hybridized carbons (Fsp3) is 0.161. The highest BCUT2D eigenvalue weighted by atomic mass is 16.3. The van der Waals surface area contributed by atoms with Crippen molar-refractivity contribution in [2.45, 2.75) is 63.8 Å². The van der Waals surface area contributed by atoms with Crippen molar-refractivity contribution in [2.75, 3.05) is 4.90 Å². The van der Waals surface area contributed by atoms with Crippen LogP contribution in [0.25, 0.3) is 66.9 Å². The number of nitrogens with zero attached hydrogens (tertiary/aromatic N) is 3. The first-order valence-electron chi connectivity index (χ1n) is 23.5. The monoisotopic (exact) mass is 853 g/mol. The molecule has 66 heavy (non-hydrogen) atoms. The van der Waals surface area contributed by atoms with Gasteiger partial charge in [-0.25, -0.2) is 9.97 Å². The zero-order chi connectivity index (χ0) is 44.4. The number of rotatable bonds is 8. The SMILES string of the molecule is Cc1c(-c2ccccc2)nc(-c2ccccc2-c2cccc3oc4cc(N(c5ccc6c(c5)C(C)(C)C5=C6C=CCC5)C5C=CC(c6ccccc6)=CC5)ccc4c23)nc1C1C=CC=CC1. The quantitative estimate of drug-likeness (QED) is 0.153. The van der Waals surface area contributed by atoms with E-state index in [0.29, 0.717) is 0 Å². The number of benzene rings is 6. The molecule has 4 aliphatic rings. The summed E-state index contributed by atoms with van der Waals surface area (Å²) in [5, 5.41) is 2.17. The summed E-state index contributed by atoms with van der Waals surface area (Å²) in [5.74, 6) is 0.903. The average Bonchev–Trinajstić information content (AvgIpc) is 3.86. The van der Waals surface area contributed by atoms with Gasteiger partial charge in [0.25, 0.3) is 0 Å². The van der Waals surface area contributed by atoms with E-state index in [0.717, 1.165) is 98.3 Å². The molecule has 0 fully saturated rings. The summed E-state index contributed by atoms with van der Waals surface area (Å²) in [6.45, 7) is 6.98. The van der Waals surface area contributed by atoms with Crippen LogP contribution in [0.1, 0.15) is 73.4 Å². The Morgan fingerprint density at radius 2 is 1.39 bits per heavy atom. The number of aromatic nitrogens is 2. The van der Waals surface area contributed by atoms with E-state index in [1.807, 2.05) is 0 Å². The topological polar surface area (TPSA) is 42.2 Å². The first kappa shape index (κ1) is 40.0. The van der Waals surface area contributed by atoms with E-state index < -0.39 is 0 Å². The highest BCUT2D eigenvalue weighted by Crippen LogP contribution is 2.52. The average molecular weight is 854 g/mol. The number of furan rings is 1. The van der Waals surface area contributed by atoms with Crippen molar-refractivity contribution in [3.05, 3.63) is 228 Å². The molecule has 4 aliphatic carbocycles. The molecule has 320 valence electrons. The lowest BCUT2D eigenvalue weighted by Gasteiger charge is -2.34. The molecule has 0 saturated carbocycles. The van der Waals surface area contributed by atoms with Gasteiger partial charge in [-0.05, 0) is 107 Å². The number of anilines is 2. The maximum Gasteiger partial charge on any atom is 0.160 e. The normalized spacial score (nSPS) is 18.2. The van der Waals surface area contributed by atoms with Crippen molar-refractivity contribution < 1.29 is 4.42 Å². The summed E-state index contributed by atoms with van der Waals surface area (Å²) >= 11 is 0. The molecule has 0 saturated heterocycles. The van der Waals surface area contributed by atoms with Gasteiger partial charge in [0, 0.05) is 50.7 Å². The fourth-order valence-electron chi connectivity index (χ4n) is 11.1. The van der Waals surface area contributed by atoms with Gasteiger partial charge in [0.1, 0.15) is 11.2 Å². The van der Waals surface area contributed by atoms with E-state index in [9.17, 15) is 0 Å². The summed E-state index contributed by atoms with van der Waals surface area (Å²) in [4.78, 5) is 13.3. The van der Waals surface area contributed by atoms with Gasteiger partial charge in [-0.1, -0.05) is 177 Å². The largest absolute Gasteiger partial charge is 0.456 e. The molecule has 2 aromatic heterocycles. The van der Waals surface area contributed by atoms with Crippen molar-refractivity contribution in [3.63, 3.8) is 0 Å². The lowest BCUT2D eigenvalue weighted by molar-refractivity contribution is 0.607. The molecule has 4 nitrogen and oxygen atoms in total. The minimum atomic E-state index is -0.0339. The fourth-order valence-corrected chi connectivity index (χ4v) is 11.1. The van der Waals surface area contributed by atoms with Crippen LogP contribution < -0.4 is 4.90 Å². The smallest absolute Gasteiger partial charge is 0.160 e. The Bertz CT molecular complexity index is 3410. The molecule has 2 unspecified atom stereocenters. The molecule has 2 heterocycles. The second kappa shape index (κ2) is 16.2. The molecule has 0 aliphatic heterocycles. The number of fused-ring (bicyclic) bond motifs is 5. The van der Waals surface area contributed by atoms with Gasteiger partial charge in [0.05, 0.1) is 17.4 Å². The van der Waals surface area contributed by atoms with Gasteiger partial charge >= 0.3 is 0 Å². The zero-order valence-corrected chi connectivity index (χ0v) is 37.7. The van der Waals surface area contributed by atoms with Crippen LogP contribution in [0.2, 0.25) is 0 Å². The van der Waals surface area contributed by atoms with E-state index in [1.165, 1.54) is 33.5 Å². The molecule has 2 atom stereocenters. The van der Waals surface area contributed by atoms with Crippen molar-refractivity contribution in [1.82, 2.24) is 9.97 Å². The van der Waals surface area contributed by atoms with Crippen molar-refractivity contribution in [3.8, 4) is 33.8 Å². The van der Waals surface area contributed by atoms with Crippen LogP contribution in [0, 0.1) is 6.92 Å². The van der Waals surface area contributed by atoms with E-state index in [2.05, 4.69) is 220 Å². The maximum absolute atomic E-state index is 6.90. The Morgan fingerprint density at radius 3 is 2.18 bits per heavy atom. The van der Waals surface area contributed by atoms with Crippen LogP contribution >= 0.6 is 0 Å². The summed E-state index contributed by atoms with van der Waals surface area (Å²) < 4.78 is 6.90. The Labute approximate surface area is 387 Å². The van der Waals surface area contributed by atoms with E-state index in [-0.39, 0.29) is 17.4 Å². The van der Waals surface area contributed by atoms with Crippen LogP contribution in [0.15, 0.2) is 204 Å². The van der Waals surface area contributed by atoms with E-state index in [1.54, 1.807) is 5.57 Å². The Balaban J connectivity index is 0.978. The van der Waals surface area contributed by atoms with Gasteiger partial charge in [-0.15, -0.1) is 0 Å². The second-order valence-corrected chi connectivity index (χ2v) is 18.7. The van der Waals surface area contributed by atoms with Gasteiger partial charge < -0.3 is 9.32 Å². The first-order valence-corrected chi connectivity index (χ1v) is 23.5. The second-order valence-electron chi connectivity index (χ2n) is 18.7. The molecular weight excluding hydrogens is 803 g/mol. The third-order valence-corrected chi connectivity index (χ3v) is 14.5. The summed E-state index contributed by atoms with van der Waals surface area (Å²) in [5.41, 5.74) is 19.6. The summed E-state index contributed by atoms with van der Waals surface area (Å²) in [7, 11) is 0. The van der Waals surface area contributed by atoms with Crippen molar-refractivity contribution in [1.29, 1.82) is 0 Å². The maximum atomic E-state index is 6.90. The molecule has 0 radical (unpaired) electrons. The zero-order valence-electron chi connectivity index (χ0n) is 37.7. The van der Waals surface area contributed by atoms with Crippen molar-refractivity contribution in [2.24, 2.45) is 0 Å². The Hall–Kier alpha value is -7.56. The highest BCUT2D eigenvalue weighted by Gasteiger charge is 2.38. The number of allylic oxidation sites excluding steroid dienone is 10. The van der Waals surface area contributed by atoms with Crippen LogP contribution in [-0.4, -0.2) is 16.0 Å². The van der Waals surface area contributed by atoms with E-state index in [4.69, 9.17) is 14.4 Å². The number of hydrogen-bond donors (Lipinski definition) is 0.